The summed E-state index contributed by atoms with van der Waals surface area (Å²) in [6.07, 6.45) is -11.2. The Kier molecular flexibility index (Phi) is 7.71. The minimum absolute atomic E-state index is 0.00882. The number of benzene rings is 2. The summed E-state index contributed by atoms with van der Waals surface area (Å²) in [6, 6.07) is 9.37. The number of ether oxygens (including phenoxy) is 4. The smallest absolute Gasteiger partial charge is 0.229 e. The van der Waals surface area contributed by atoms with Crippen LogP contribution < -0.4 is 10.2 Å². The molecule has 3 heterocycles. The fraction of sp³-hybridized carbons (Fsp3) is 0.423. The topological polar surface area (TPSA) is 229 Å². The molecule has 2 aliphatic rings. The SMILES string of the molecule is O=c1cc(-c2ccc(O)cc2)oc2cc(O[C@@H]3O[C@@H](CO)[C@@H](O)[C@@H](O)[C@H]3O[C@H]3OC[C@](O)(CO)[C@@H]3O)cc(O)c12. The summed E-state index contributed by atoms with van der Waals surface area (Å²) in [5, 5.41) is 80.7. The van der Waals surface area contributed by atoms with Gasteiger partial charge in [0.05, 0.1) is 19.8 Å². The Labute approximate surface area is 225 Å². The molecule has 0 spiro atoms. The van der Waals surface area contributed by atoms with Gasteiger partial charge >= 0.3 is 0 Å². The number of hydrogen-bond acceptors (Lipinski definition) is 14. The highest BCUT2D eigenvalue weighted by Gasteiger charge is 2.53. The van der Waals surface area contributed by atoms with Gasteiger partial charge in [0.15, 0.2) is 17.8 Å². The number of aliphatic hydroxyl groups is 6. The van der Waals surface area contributed by atoms with Crippen molar-refractivity contribution in [1.82, 2.24) is 0 Å². The van der Waals surface area contributed by atoms with Crippen molar-refractivity contribution in [3.63, 3.8) is 0 Å². The number of fused-ring (bicyclic) bond motifs is 1. The number of hydrogen-bond donors (Lipinski definition) is 8. The second-order valence-corrected chi connectivity index (χ2v) is 9.65. The summed E-state index contributed by atoms with van der Waals surface area (Å²) < 4.78 is 28.0. The zero-order valence-corrected chi connectivity index (χ0v) is 20.7. The van der Waals surface area contributed by atoms with E-state index in [-0.39, 0.29) is 28.2 Å². The van der Waals surface area contributed by atoms with Gasteiger partial charge in [-0.05, 0) is 24.3 Å². The van der Waals surface area contributed by atoms with Gasteiger partial charge < -0.3 is 64.2 Å². The molecule has 0 amide bonds. The molecular formula is C26H28O14. The van der Waals surface area contributed by atoms with Crippen molar-refractivity contribution in [3.05, 3.63) is 52.7 Å². The van der Waals surface area contributed by atoms with E-state index in [1.165, 1.54) is 36.4 Å². The highest BCUT2D eigenvalue weighted by Crippen LogP contribution is 2.35. The van der Waals surface area contributed by atoms with Gasteiger partial charge in [-0.25, -0.2) is 0 Å². The van der Waals surface area contributed by atoms with Crippen molar-refractivity contribution < 1.29 is 64.2 Å². The molecule has 0 saturated carbocycles. The molecule has 2 aliphatic heterocycles. The van der Waals surface area contributed by atoms with E-state index in [0.717, 1.165) is 6.07 Å². The van der Waals surface area contributed by atoms with Crippen LogP contribution in [0.1, 0.15) is 0 Å². The van der Waals surface area contributed by atoms with Gasteiger partial charge in [0, 0.05) is 23.8 Å². The molecule has 3 aromatic rings. The van der Waals surface area contributed by atoms with E-state index in [2.05, 4.69) is 0 Å². The molecule has 8 N–H and O–H groups in total. The van der Waals surface area contributed by atoms with Crippen molar-refractivity contribution in [3.8, 4) is 28.6 Å². The molecule has 0 unspecified atom stereocenters. The Morgan fingerprint density at radius 2 is 1.70 bits per heavy atom. The molecule has 14 heteroatoms. The van der Waals surface area contributed by atoms with Crippen LogP contribution in [0, 0.1) is 0 Å². The quantitative estimate of drug-likeness (QED) is 0.164. The highest BCUT2D eigenvalue weighted by atomic mass is 16.8. The van der Waals surface area contributed by atoms with Crippen LogP contribution in [0.2, 0.25) is 0 Å². The summed E-state index contributed by atoms with van der Waals surface area (Å²) in [6.45, 7) is -2.06. The molecule has 2 saturated heterocycles. The molecule has 2 fully saturated rings. The summed E-state index contributed by atoms with van der Waals surface area (Å²) >= 11 is 0. The van der Waals surface area contributed by atoms with Crippen LogP contribution in [0.5, 0.6) is 17.2 Å². The zero-order chi connectivity index (χ0) is 28.8. The van der Waals surface area contributed by atoms with Crippen molar-refractivity contribution in [1.29, 1.82) is 0 Å². The van der Waals surface area contributed by atoms with Gasteiger partial charge in [-0.3, -0.25) is 4.79 Å². The lowest BCUT2D eigenvalue weighted by atomic mass is 9.98. The third kappa shape index (κ3) is 5.12. The van der Waals surface area contributed by atoms with Crippen LogP contribution in [0.3, 0.4) is 0 Å². The number of phenols is 2. The standard InChI is InChI=1S/C26H28O14/c27-8-18-20(32)21(33)22(40-25-23(34)26(35,9-28)10-36-25)24(39-18)37-13-5-14(30)19-15(31)7-16(38-17(19)6-13)11-1-3-12(29)4-2-11/h1-7,18,20-25,27-30,32-35H,8-10H2/t18-,20+,21+,22+,23+,24+,25+,26+/m0/s1. The van der Waals surface area contributed by atoms with Gasteiger partial charge in [0.1, 0.15) is 64.0 Å². The first-order chi connectivity index (χ1) is 19.0. The third-order valence-electron chi connectivity index (χ3n) is 6.88. The largest absolute Gasteiger partial charge is 0.508 e. The summed E-state index contributed by atoms with van der Waals surface area (Å²) in [5.74, 6) is -0.496. The van der Waals surface area contributed by atoms with Crippen molar-refractivity contribution in [2.24, 2.45) is 0 Å². The van der Waals surface area contributed by atoms with Crippen molar-refractivity contribution in [2.45, 2.75) is 48.7 Å². The lowest BCUT2D eigenvalue weighted by molar-refractivity contribution is -0.318. The maximum absolute atomic E-state index is 12.8. The van der Waals surface area contributed by atoms with Crippen LogP contribution in [-0.4, -0.2) is 109 Å². The van der Waals surface area contributed by atoms with E-state index in [4.69, 9.17) is 23.4 Å². The van der Waals surface area contributed by atoms with E-state index in [9.17, 15) is 45.6 Å². The lowest BCUT2D eigenvalue weighted by Gasteiger charge is -2.42. The predicted molar refractivity (Wildman–Crippen MR) is 132 cm³/mol. The van der Waals surface area contributed by atoms with Gasteiger partial charge in [-0.1, -0.05) is 0 Å². The normalized spacial score (nSPS) is 32.4. The van der Waals surface area contributed by atoms with E-state index in [1.807, 2.05) is 0 Å². The van der Waals surface area contributed by atoms with Gasteiger partial charge in [-0.15, -0.1) is 0 Å². The molecule has 0 bridgehead atoms. The third-order valence-corrected chi connectivity index (χ3v) is 6.88. The van der Waals surface area contributed by atoms with E-state index >= 15 is 0 Å². The summed E-state index contributed by atoms with van der Waals surface area (Å²) in [7, 11) is 0. The molecule has 5 rings (SSSR count). The number of aliphatic hydroxyl groups excluding tert-OH is 5. The van der Waals surface area contributed by atoms with E-state index < -0.39 is 79.7 Å². The predicted octanol–water partition coefficient (Wildman–Crippen LogP) is -1.49. The van der Waals surface area contributed by atoms with Gasteiger partial charge in [0.25, 0.3) is 0 Å². The first-order valence-electron chi connectivity index (χ1n) is 12.2. The first kappa shape index (κ1) is 28.2. The van der Waals surface area contributed by atoms with E-state index in [1.54, 1.807) is 0 Å². The van der Waals surface area contributed by atoms with Crippen LogP contribution in [0.4, 0.5) is 0 Å². The van der Waals surface area contributed by atoms with Crippen LogP contribution >= 0.6 is 0 Å². The molecule has 2 aromatic carbocycles. The molecular weight excluding hydrogens is 536 g/mol. The zero-order valence-electron chi connectivity index (χ0n) is 20.7. The van der Waals surface area contributed by atoms with Crippen LogP contribution in [0.25, 0.3) is 22.3 Å². The maximum Gasteiger partial charge on any atom is 0.229 e. The second-order valence-electron chi connectivity index (χ2n) is 9.65. The Hall–Kier alpha value is -3.31. The van der Waals surface area contributed by atoms with E-state index in [0.29, 0.717) is 5.56 Å². The van der Waals surface area contributed by atoms with Crippen LogP contribution in [0.15, 0.2) is 51.7 Å². The average molecular weight is 564 g/mol. The summed E-state index contributed by atoms with van der Waals surface area (Å²) in [4.78, 5) is 12.8. The molecule has 0 aliphatic carbocycles. The minimum atomic E-state index is -2.04. The highest BCUT2D eigenvalue weighted by molar-refractivity contribution is 5.86. The van der Waals surface area contributed by atoms with Gasteiger partial charge in [-0.2, -0.15) is 0 Å². The second kappa shape index (κ2) is 10.9. The van der Waals surface area contributed by atoms with Crippen LogP contribution in [-0.2, 0) is 14.2 Å². The Morgan fingerprint density at radius 1 is 0.975 bits per heavy atom. The summed E-state index contributed by atoms with van der Waals surface area (Å²) in [5.41, 5.74) is -2.22. The molecule has 1 aromatic heterocycles. The molecule has 40 heavy (non-hydrogen) atoms. The number of rotatable bonds is 7. The molecule has 216 valence electrons. The van der Waals surface area contributed by atoms with Gasteiger partial charge in [0.2, 0.25) is 6.29 Å². The average Bonchev–Trinajstić information content (AvgIpc) is 3.21. The molecule has 14 nitrogen and oxygen atoms in total. The van der Waals surface area contributed by atoms with Crippen molar-refractivity contribution in [2.75, 3.05) is 19.8 Å². The molecule has 0 radical (unpaired) electrons. The monoisotopic (exact) mass is 564 g/mol. The lowest BCUT2D eigenvalue weighted by Crippen LogP contribution is -2.62. The van der Waals surface area contributed by atoms with Crippen molar-refractivity contribution >= 4 is 11.0 Å². The Balaban J connectivity index is 1.47. The maximum atomic E-state index is 12.8. The minimum Gasteiger partial charge on any atom is -0.508 e. The fourth-order valence-corrected chi connectivity index (χ4v) is 4.57. The Morgan fingerprint density at radius 3 is 2.35 bits per heavy atom. The Bertz CT molecular complexity index is 1410. The molecule has 8 atom stereocenters. The first-order valence-corrected chi connectivity index (χ1v) is 12.2. The number of phenolic OH excluding ortho intramolecular Hbond substituents is 2. The fourth-order valence-electron chi connectivity index (χ4n) is 4.57. The number of aromatic hydroxyl groups is 2.